The maximum Gasteiger partial charge on any atom is 0.246 e. The molecule has 13 heavy (non-hydrogen) atoms. The average Bonchev–Trinajstić information content (AvgIpc) is 2.18. The van der Waals surface area contributed by atoms with Crippen molar-refractivity contribution in [3.63, 3.8) is 0 Å². The highest BCUT2D eigenvalue weighted by molar-refractivity contribution is 5.87. The molecule has 1 rings (SSSR count). The molecule has 3 heteroatoms. The Kier molecular flexibility index (Phi) is 3.96. The zero-order valence-electron chi connectivity index (χ0n) is 8.07. The predicted octanol–water partition coefficient (Wildman–Crippen LogP) is 0.793. The molecule has 0 saturated carbocycles. The molecule has 0 spiro atoms. The molecule has 1 amide bonds. The fourth-order valence-electron chi connectivity index (χ4n) is 1.66. The minimum Gasteiger partial charge on any atom is -0.396 e. The number of hydrogen-bond donors (Lipinski definition) is 1. The van der Waals surface area contributed by atoms with E-state index in [9.17, 15) is 4.79 Å². The van der Waals surface area contributed by atoms with Crippen molar-refractivity contribution in [3.8, 4) is 0 Å². The molecule has 1 aliphatic heterocycles. The van der Waals surface area contributed by atoms with Crippen LogP contribution in [0, 0.1) is 5.92 Å². The lowest BCUT2D eigenvalue weighted by molar-refractivity contribution is -0.128. The molecular formula is C10H17NO2. The Morgan fingerprint density at radius 2 is 2.46 bits per heavy atom. The van der Waals surface area contributed by atoms with Gasteiger partial charge in [0, 0.05) is 19.7 Å². The molecule has 1 fully saturated rings. The van der Waals surface area contributed by atoms with E-state index in [2.05, 4.69) is 0 Å². The molecule has 0 aromatic heterocycles. The summed E-state index contributed by atoms with van der Waals surface area (Å²) in [4.78, 5) is 13.2. The molecule has 3 nitrogen and oxygen atoms in total. The molecule has 1 heterocycles. The molecule has 0 aliphatic carbocycles. The Hall–Kier alpha value is -0.830. The molecule has 0 bridgehead atoms. The van der Waals surface area contributed by atoms with Crippen molar-refractivity contribution in [1.82, 2.24) is 4.90 Å². The Labute approximate surface area is 79.0 Å². The van der Waals surface area contributed by atoms with Crippen molar-refractivity contribution in [2.75, 3.05) is 19.7 Å². The Balaban J connectivity index is 2.46. The zero-order valence-corrected chi connectivity index (χ0v) is 8.07. The van der Waals surface area contributed by atoms with E-state index in [4.69, 9.17) is 5.11 Å². The van der Waals surface area contributed by atoms with Gasteiger partial charge < -0.3 is 10.0 Å². The first-order chi connectivity index (χ1) is 6.27. The molecule has 1 N–H and O–H groups in total. The van der Waals surface area contributed by atoms with Crippen molar-refractivity contribution in [2.45, 2.75) is 19.8 Å². The topological polar surface area (TPSA) is 40.5 Å². The average molecular weight is 183 g/mol. The largest absolute Gasteiger partial charge is 0.396 e. The summed E-state index contributed by atoms with van der Waals surface area (Å²) >= 11 is 0. The lowest BCUT2D eigenvalue weighted by Crippen LogP contribution is -2.40. The highest BCUT2D eigenvalue weighted by Crippen LogP contribution is 2.15. The minimum absolute atomic E-state index is 0.0700. The van der Waals surface area contributed by atoms with E-state index in [0.29, 0.717) is 6.54 Å². The van der Waals surface area contributed by atoms with Crippen LogP contribution in [-0.2, 0) is 4.79 Å². The van der Waals surface area contributed by atoms with E-state index in [1.165, 1.54) is 0 Å². The molecule has 0 aromatic carbocycles. The fourth-order valence-corrected chi connectivity index (χ4v) is 1.66. The molecule has 0 aromatic rings. The van der Waals surface area contributed by atoms with Crippen LogP contribution in [0.4, 0.5) is 0 Å². The number of amides is 1. The molecule has 1 unspecified atom stereocenters. The number of aliphatic hydroxyl groups excluding tert-OH is 1. The van der Waals surface area contributed by atoms with Crippen molar-refractivity contribution < 1.29 is 9.90 Å². The second kappa shape index (κ2) is 5.02. The fraction of sp³-hybridized carbons (Fsp3) is 0.700. The van der Waals surface area contributed by atoms with Gasteiger partial charge in [-0.3, -0.25) is 4.79 Å². The molecule has 0 radical (unpaired) electrons. The van der Waals surface area contributed by atoms with E-state index in [1.807, 2.05) is 11.8 Å². The smallest absolute Gasteiger partial charge is 0.246 e. The van der Waals surface area contributed by atoms with E-state index < -0.39 is 0 Å². The van der Waals surface area contributed by atoms with Gasteiger partial charge >= 0.3 is 0 Å². The van der Waals surface area contributed by atoms with Gasteiger partial charge in [-0.25, -0.2) is 0 Å². The number of piperidine rings is 1. The summed E-state index contributed by atoms with van der Waals surface area (Å²) < 4.78 is 0. The van der Waals surface area contributed by atoms with E-state index in [1.54, 1.807) is 12.2 Å². The van der Waals surface area contributed by atoms with Crippen LogP contribution in [0.1, 0.15) is 19.8 Å². The number of hydrogen-bond acceptors (Lipinski definition) is 2. The number of likely N-dealkylation sites (tertiary alicyclic amines) is 1. The zero-order chi connectivity index (χ0) is 9.68. The first-order valence-corrected chi connectivity index (χ1v) is 4.80. The Bertz CT molecular complexity index is 201. The number of carbonyl (C=O) groups is 1. The number of aliphatic hydroxyl groups is 1. The summed E-state index contributed by atoms with van der Waals surface area (Å²) in [6.07, 6.45) is 5.38. The number of carbonyl (C=O) groups excluding carboxylic acids is 1. The van der Waals surface area contributed by atoms with Crippen LogP contribution in [0.25, 0.3) is 0 Å². The van der Waals surface area contributed by atoms with Crippen molar-refractivity contribution in [2.24, 2.45) is 5.92 Å². The number of rotatable bonds is 2. The SMILES string of the molecule is C/C=C/C(=O)N1CCCC(CO)C1. The summed E-state index contributed by atoms with van der Waals surface area (Å²) in [7, 11) is 0. The van der Waals surface area contributed by atoms with Gasteiger partial charge in [-0.15, -0.1) is 0 Å². The maximum absolute atomic E-state index is 11.4. The van der Waals surface area contributed by atoms with E-state index in [-0.39, 0.29) is 18.4 Å². The summed E-state index contributed by atoms with van der Waals surface area (Å²) in [5.74, 6) is 0.351. The first kappa shape index (κ1) is 10.3. The summed E-state index contributed by atoms with van der Waals surface area (Å²) in [6, 6.07) is 0. The highest BCUT2D eigenvalue weighted by Gasteiger charge is 2.21. The van der Waals surface area contributed by atoms with E-state index in [0.717, 1.165) is 19.4 Å². The maximum atomic E-state index is 11.4. The summed E-state index contributed by atoms with van der Waals surface area (Å²) in [5, 5.41) is 8.96. The number of nitrogens with zero attached hydrogens (tertiary/aromatic N) is 1. The van der Waals surface area contributed by atoms with Crippen LogP contribution < -0.4 is 0 Å². The standard InChI is InChI=1S/C10H17NO2/c1-2-4-10(13)11-6-3-5-9(7-11)8-12/h2,4,9,12H,3,5-8H2,1H3/b4-2+. The van der Waals surface area contributed by atoms with Crippen LogP contribution in [0.2, 0.25) is 0 Å². The van der Waals surface area contributed by atoms with Gasteiger partial charge in [-0.05, 0) is 31.8 Å². The molecule has 1 aliphatic rings. The van der Waals surface area contributed by atoms with Gasteiger partial charge in [0.15, 0.2) is 0 Å². The monoisotopic (exact) mass is 183 g/mol. The Morgan fingerprint density at radius 3 is 3.08 bits per heavy atom. The van der Waals surface area contributed by atoms with Crippen LogP contribution in [0.3, 0.4) is 0 Å². The molecule has 1 saturated heterocycles. The molecular weight excluding hydrogens is 166 g/mol. The van der Waals surface area contributed by atoms with Crippen LogP contribution in [-0.4, -0.2) is 35.6 Å². The van der Waals surface area contributed by atoms with Gasteiger partial charge in [0.1, 0.15) is 0 Å². The first-order valence-electron chi connectivity index (χ1n) is 4.80. The lowest BCUT2D eigenvalue weighted by atomic mass is 9.99. The third-order valence-corrected chi connectivity index (χ3v) is 2.40. The van der Waals surface area contributed by atoms with Crippen molar-refractivity contribution in [1.29, 1.82) is 0 Å². The minimum atomic E-state index is 0.0700. The van der Waals surface area contributed by atoms with Gasteiger partial charge in [0.25, 0.3) is 0 Å². The highest BCUT2D eigenvalue weighted by atomic mass is 16.3. The summed E-state index contributed by atoms with van der Waals surface area (Å²) in [6.45, 7) is 3.57. The van der Waals surface area contributed by atoms with Gasteiger partial charge in [-0.1, -0.05) is 6.08 Å². The number of allylic oxidation sites excluding steroid dienone is 1. The van der Waals surface area contributed by atoms with Crippen molar-refractivity contribution in [3.05, 3.63) is 12.2 Å². The second-order valence-corrected chi connectivity index (χ2v) is 3.48. The molecule has 1 atom stereocenters. The van der Waals surface area contributed by atoms with Gasteiger partial charge in [0.05, 0.1) is 0 Å². The van der Waals surface area contributed by atoms with Gasteiger partial charge in [-0.2, -0.15) is 0 Å². The quantitative estimate of drug-likeness (QED) is 0.643. The second-order valence-electron chi connectivity index (χ2n) is 3.48. The molecule has 74 valence electrons. The third-order valence-electron chi connectivity index (χ3n) is 2.40. The third kappa shape index (κ3) is 2.84. The predicted molar refractivity (Wildman–Crippen MR) is 51.2 cm³/mol. The van der Waals surface area contributed by atoms with Crippen LogP contribution in [0.15, 0.2) is 12.2 Å². The normalized spacial score (nSPS) is 23.8. The van der Waals surface area contributed by atoms with Crippen molar-refractivity contribution >= 4 is 5.91 Å². The Morgan fingerprint density at radius 1 is 1.69 bits per heavy atom. The van der Waals surface area contributed by atoms with E-state index >= 15 is 0 Å². The van der Waals surface area contributed by atoms with Gasteiger partial charge in [0.2, 0.25) is 5.91 Å². The van der Waals surface area contributed by atoms with Crippen LogP contribution in [0.5, 0.6) is 0 Å². The van der Waals surface area contributed by atoms with Crippen LogP contribution >= 0.6 is 0 Å². The summed E-state index contributed by atoms with van der Waals surface area (Å²) in [5.41, 5.74) is 0. The lowest BCUT2D eigenvalue weighted by Gasteiger charge is -2.31.